The van der Waals surface area contributed by atoms with Gasteiger partial charge in [0.15, 0.2) is 0 Å². The summed E-state index contributed by atoms with van der Waals surface area (Å²) in [4.78, 5) is 35.6. The molecule has 1 aromatic rings. The van der Waals surface area contributed by atoms with Gasteiger partial charge in [0.05, 0.1) is 23.4 Å². The molecule has 0 aliphatic heterocycles. The van der Waals surface area contributed by atoms with E-state index in [0.717, 1.165) is 12.1 Å². The molecule has 88 valence electrons. The lowest BCUT2D eigenvalue weighted by molar-refractivity contribution is 0.0526. The second-order valence-electron chi connectivity index (χ2n) is 3.00. The Kier molecular flexibility index (Phi) is 4.14. The lowest BCUT2D eigenvalue weighted by Crippen LogP contribution is -2.06. The Morgan fingerprint density at radius 3 is 2.53 bits per heavy atom. The number of ether oxygens (including phenoxy) is 1. The molecule has 0 aliphatic carbocycles. The molecule has 1 rings (SSSR count). The number of carbonyl (C=O) groups excluding carboxylic acids is 2. The van der Waals surface area contributed by atoms with Crippen molar-refractivity contribution in [2.75, 3.05) is 6.61 Å². The van der Waals surface area contributed by atoms with E-state index in [1.54, 1.807) is 6.92 Å². The summed E-state index contributed by atoms with van der Waals surface area (Å²) >= 11 is 0. The van der Waals surface area contributed by atoms with E-state index in [1.165, 1.54) is 12.1 Å². The molecule has 6 nitrogen and oxygen atoms in total. The van der Waals surface area contributed by atoms with Gasteiger partial charge in [-0.3, -0.25) is 0 Å². The zero-order valence-corrected chi connectivity index (χ0v) is 8.97. The van der Waals surface area contributed by atoms with Crippen LogP contribution in [-0.2, 0) is 9.53 Å². The summed E-state index contributed by atoms with van der Waals surface area (Å²) in [6.45, 7) is 1.80. The number of benzene rings is 1. The number of rotatable bonds is 4. The Bertz CT molecular complexity index is 482. The molecule has 0 saturated carbocycles. The summed E-state index contributed by atoms with van der Waals surface area (Å²) in [7, 11) is 0. The van der Waals surface area contributed by atoms with E-state index >= 15 is 0 Å². The first-order chi connectivity index (χ1) is 8.08. The van der Waals surface area contributed by atoms with E-state index in [-0.39, 0.29) is 23.4 Å². The number of hydrogen-bond donors (Lipinski definition) is 1. The Balaban J connectivity index is 3.25. The molecule has 0 unspecified atom stereocenters. The van der Waals surface area contributed by atoms with Gasteiger partial charge in [-0.25, -0.2) is 14.4 Å². The van der Waals surface area contributed by atoms with Crippen LogP contribution in [0.5, 0.6) is 0 Å². The maximum atomic E-state index is 11.4. The molecule has 17 heavy (non-hydrogen) atoms. The molecule has 0 fully saturated rings. The first kappa shape index (κ1) is 12.6. The molecule has 0 radical (unpaired) electrons. The zero-order chi connectivity index (χ0) is 12.8. The Morgan fingerprint density at radius 2 is 2.00 bits per heavy atom. The molecular formula is C11H9NO5. The lowest BCUT2D eigenvalue weighted by Gasteiger charge is -2.03. The van der Waals surface area contributed by atoms with Crippen LogP contribution >= 0.6 is 0 Å². The predicted octanol–water partition coefficient (Wildman–Crippen LogP) is 1.53. The average molecular weight is 235 g/mol. The third kappa shape index (κ3) is 3.25. The number of carboxylic acid groups (broad SMARTS) is 1. The first-order valence-electron chi connectivity index (χ1n) is 4.72. The smallest absolute Gasteiger partial charge is 0.338 e. The number of aliphatic imine (C=N–C) groups is 1. The molecule has 0 heterocycles. The maximum absolute atomic E-state index is 11.4. The summed E-state index contributed by atoms with van der Waals surface area (Å²) < 4.78 is 4.72. The third-order valence-electron chi connectivity index (χ3n) is 1.85. The highest BCUT2D eigenvalue weighted by Gasteiger charge is 2.12. The minimum Gasteiger partial charge on any atom is -0.478 e. The monoisotopic (exact) mass is 235 g/mol. The highest BCUT2D eigenvalue weighted by atomic mass is 16.5. The molecule has 1 aromatic carbocycles. The van der Waals surface area contributed by atoms with Gasteiger partial charge in [0.25, 0.3) is 0 Å². The Morgan fingerprint density at radius 1 is 1.35 bits per heavy atom. The number of hydrogen-bond acceptors (Lipinski definition) is 5. The van der Waals surface area contributed by atoms with Gasteiger partial charge in [-0.05, 0) is 25.1 Å². The van der Waals surface area contributed by atoms with Crippen LogP contribution in [-0.4, -0.2) is 29.7 Å². The highest BCUT2D eigenvalue weighted by Crippen LogP contribution is 2.18. The number of aromatic carboxylic acids is 1. The normalized spacial score (nSPS) is 9.24. The predicted molar refractivity (Wildman–Crippen MR) is 57.1 cm³/mol. The van der Waals surface area contributed by atoms with Gasteiger partial charge in [-0.2, -0.15) is 4.99 Å². The number of carbonyl (C=O) groups is 2. The number of nitrogens with zero attached hydrogens (tertiary/aromatic N) is 1. The molecule has 0 amide bonds. The molecule has 0 aromatic heterocycles. The number of esters is 1. The first-order valence-corrected chi connectivity index (χ1v) is 4.72. The van der Waals surface area contributed by atoms with Crippen LogP contribution in [0.2, 0.25) is 0 Å². The highest BCUT2D eigenvalue weighted by molar-refractivity contribution is 5.96. The number of carboxylic acids is 1. The summed E-state index contributed by atoms with van der Waals surface area (Å²) in [5, 5.41) is 8.82. The van der Waals surface area contributed by atoms with Crippen LogP contribution in [0.25, 0.3) is 0 Å². The van der Waals surface area contributed by atoms with Crippen molar-refractivity contribution in [3.63, 3.8) is 0 Å². The fourth-order valence-corrected chi connectivity index (χ4v) is 1.18. The van der Waals surface area contributed by atoms with Crippen molar-refractivity contribution in [3.05, 3.63) is 29.3 Å². The lowest BCUT2D eigenvalue weighted by atomic mass is 10.1. The van der Waals surface area contributed by atoms with E-state index in [9.17, 15) is 14.4 Å². The molecule has 0 spiro atoms. The molecule has 0 aliphatic rings. The van der Waals surface area contributed by atoms with Crippen LogP contribution in [0.15, 0.2) is 23.2 Å². The third-order valence-corrected chi connectivity index (χ3v) is 1.85. The van der Waals surface area contributed by atoms with E-state index in [4.69, 9.17) is 9.84 Å². The van der Waals surface area contributed by atoms with E-state index in [1.807, 2.05) is 0 Å². The van der Waals surface area contributed by atoms with Crippen molar-refractivity contribution < 1.29 is 24.2 Å². The van der Waals surface area contributed by atoms with Gasteiger partial charge >= 0.3 is 11.9 Å². The van der Waals surface area contributed by atoms with Crippen LogP contribution in [0.1, 0.15) is 27.6 Å². The number of isocyanates is 1. The van der Waals surface area contributed by atoms with Crippen molar-refractivity contribution >= 4 is 23.7 Å². The molecule has 6 heteroatoms. The van der Waals surface area contributed by atoms with Gasteiger partial charge in [0, 0.05) is 0 Å². The van der Waals surface area contributed by atoms with Crippen LogP contribution in [0.3, 0.4) is 0 Å². The second-order valence-corrected chi connectivity index (χ2v) is 3.00. The summed E-state index contributed by atoms with van der Waals surface area (Å²) in [5.41, 5.74) is -0.0757. The minimum absolute atomic E-state index is 0.0285. The fraction of sp³-hybridized carbons (Fsp3) is 0.182. The van der Waals surface area contributed by atoms with Crippen molar-refractivity contribution in [2.45, 2.75) is 6.92 Å². The minimum atomic E-state index is -1.22. The quantitative estimate of drug-likeness (QED) is 0.485. The summed E-state index contributed by atoms with van der Waals surface area (Å²) in [6, 6.07) is 3.58. The molecule has 1 N–H and O–H groups in total. The summed E-state index contributed by atoms with van der Waals surface area (Å²) in [5.74, 6) is -1.89. The standard InChI is InChI=1S/C11H9NO5/c1-2-17-11(16)8-3-7(10(14)15)4-9(5-8)12-6-13/h3-5H,2H2,1H3,(H,14,15). The molecule has 0 saturated heterocycles. The van der Waals surface area contributed by atoms with Gasteiger partial charge in [0.1, 0.15) is 0 Å². The largest absolute Gasteiger partial charge is 0.478 e. The van der Waals surface area contributed by atoms with Gasteiger partial charge in [-0.15, -0.1) is 0 Å². The zero-order valence-electron chi connectivity index (χ0n) is 8.97. The van der Waals surface area contributed by atoms with Gasteiger partial charge in [-0.1, -0.05) is 0 Å². The van der Waals surface area contributed by atoms with Gasteiger partial charge in [0.2, 0.25) is 6.08 Å². The molecule has 0 atom stereocenters. The Labute approximate surface area is 96.5 Å². The second kappa shape index (κ2) is 5.58. The van der Waals surface area contributed by atoms with Crippen molar-refractivity contribution in [1.82, 2.24) is 0 Å². The van der Waals surface area contributed by atoms with Crippen molar-refractivity contribution in [2.24, 2.45) is 4.99 Å². The summed E-state index contributed by atoms with van der Waals surface area (Å²) in [6.07, 6.45) is 1.28. The van der Waals surface area contributed by atoms with E-state index in [2.05, 4.69) is 4.99 Å². The van der Waals surface area contributed by atoms with Gasteiger partial charge < -0.3 is 9.84 Å². The van der Waals surface area contributed by atoms with Crippen molar-refractivity contribution in [3.8, 4) is 0 Å². The SMILES string of the molecule is CCOC(=O)c1cc(N=C=O)cc(C(=O)O)c1. The van der Waals surface area contributed by atoms with Crippen LogP contribution in [0.4, 0.5) is 5.69 Å². The van der Waals surface area contributed by atoms with Crippen molar-refractivity contribution in [1.29, 1.82) is 0 Å². The maximum Gasteiger partial charge on any atom is 0.338 e. The topological polar surface area (TPSA) is 93.0 Å². The van der Waals surface area contributed by atoms with E-state index in [0.29, 0.717) is 0 Å². The van der Waals surface area contributed by atoms with Crippen LogP contribution in [0, 0.1) is 0 Å². The molecule has 0 bridgehead atoms. The average Bonchev–Trinajstić information content (AvgIpc) is 2.29. The fourth-order valence-electron chi connectivity index (χ4n) is 1.18. The Hall–Kier alpha value is -2.46. The van der Waals surface area contributed by atoms with Crippen LogP contribution < -0.4 is 0 Å². The van der Waals surface area contributed by atoms with E-state index < -0.39 is 11.9 Å². The molecular weight excluding hydrogens is 226 g/mol.